The van der Waals surface area contributed by atoms with Gasteiger partial charge in [-0.2, -0.15) is 0 Å². The summed E-state index contributed by atoms with van der Waals surface area (Å²) >= 11 is 0. The van der Waals surface area contributed by atoms with Crippen molar-refractivity contribution in [3.05, 3.63) is 119 Å². The van der Waals surface area contributed by atoms with E-state index in [1.807, 2.05) is 30.3 Å². The van der Waals surface area contributed by atoms with Gasteiger partial charge in [0.2, 0.25) is 0 Å². The average molecular weight is 346 g/mol. The lowest BCUT2D eigenvalue weighted by molar-refractivity contribution is -0.104. The Hall–Kier alpha value is -3.33. The van der Waals surface area contributed by atoms with Crippen molar-refractivity contribution in [3.63, 3.8) is 0 Å². The zero-order chi connectivity index (χ0) is 18.4. The number of rotatable bonds is 5. The van der Waals surface area contributed by atoms with Crippen LogP contribution in [0.5, 0.6) is 0 Å². The summed E-state index contributed by atoms with van der Waals surface area (Å²) in [5, 5.41) is 0. The number of hydrogen-bond acceptors (Lipinski definition) is 1. The number of benzene rings is 3. The second-order valence-corrected chi connectivity index (χ2v) is 5.66. The lowest BCUT2D eigenvalue weighted by Crippen LogP contribution is -1.95. The molecule has 0 bridgehead atoms. The molecule has 3 aromatic rings. The predicted molar refractivity (Wildman–Crippen MR) is 100 cm³/mol. The highest BCUT2D eigenvalue weighted by atomic mass is 19.1. The van der Waals surface area contributed by atoms with Gasteiger partial charge >= 0.3 is 0 Å². The molecular weight excluding hydrogens is 330 g/mol. The molecule has 0 aliphatic rings. The Labute approximate surface area is 150 Å². The molecule has 0 heterocycles. The summed E-state index contributed by atoms with van der Waals surface area (Å²) in [4.78, 5) is 10.9. The number of allylic oxidation sites excluding steroid dienone is 3. The van der Waals surface area contributed by atoms with Crippen molar-refractivity contribution in [3.8, 4) is 0 Å². The predicted octanol–water partition coefficient (Wildman–Crippen LogP) is 5.68. The molecule has 3 rings (SSSR count). The highest BCUT2D eigenvalue weighted by Crippen LogP contribution is 2.33. The van der Waals surface area contributed by atoms with Gasteiger partial charge in [-0.1, -0.05) is 60.7 Å². The molecule has 0 aromatic heterocycles. The van der Waals surface area contributed by atoms with Gasteiger partial charge in [0.15, 0.2) is 0 Å². The number of hydrogen-bond donors (Lipinski definition) is 0. The van der Waals surface area contributed by atoms with E-state index in [4.69, 9.17) is 0 Å². The van der Waals surface area contributed by atoms with Gasteiger partial charge in [0.1, 0.15) is 17.9 Å². The molecule has 0 N–H and O–H groups in total. The van der Waals surface area contributed by atoms with Crippen molar-refractivity contribution in [2.45, 2.75) is 0 Å². The van der Waals surface area contributed by atoms with Gasteiger partial charge in [-0.15, -0.1) is 0 Å². The molecule has 0 amide bonds. The van der Waals surface area contributed by atoms with Crippen molar-refractivity contribution in [2.75, 3.05) is 0 Å². The maximum Gasteiger partial charge on any atom is 0.142 e. The van der Waals surface area contributed by atoms with Crippen LogP contribution in [0.15, 0.2) is 91.0 Å². The molecule has 0 spiro atoms. The number of halogens is 2. The van der Waals surface area contributed by atoms with Crippen LogP contribution in [0, 0.1) is 11.6 Å². The van der Waals surface area contributed by atoms with Crippen LogP contribution in [0.25, 0.3) is 11.1 Å². The maximum atomic E-state index is 13.4. The quantitative estimate of drug-likeness (QED) is 0.251. The van der Waals surface area contributed by atoms with E-state index in [2.05, 4.69) is 0 Å². The Kier molecular flexibility index (Phi) is 5.49. The van der Waals surface area contributed by atoms with E-state index in [1.54, 1.807) is 30.3 Å². The van der Waals surface area contributed by atoms with Gasteiger partial charge < -0.3 is 0 Å². The standard InChI is InChI=1S/C23H16F2O/c24-20-12-8-18(9-13-20)23(19-10-14-21(25)15-11-19)22(7-4-16-26)17-5-2-1-3-6-17/h1-16H/b7-4+. The lowest BCUT2D eigenvalue weighted by atomic mass is 9.89. The number of carbonyl (C=O) groups is 1. The Morgan fingerprint density at radius 2 is 1.15 bits per heavy atom. The van der Waals surface area contributed by atoms with Gasteiger partial charge in [-0.25, -0.2) is 8.78 Å². The van der Waals surface area contributed by atoms with Gasteiger partial charge in [-0.3, -0.25) is 4.79 Å². The minimum absolute atomic E-state index is 0.336. The molecule has 128 valence electrons. The van der Waals surface area contributed by atoms with E-state index < -0.39 is 0 Å². The van der Waals surface area contributed by atoms with E-state index in [9.17, 15) is 13.6 Å². The minimum Gasteiger partial charge on any atom is -0.299 e. The Morgan fingerprint density at radius 3 is 1.62 bits per heavy atom. The van der Waals surface area contributed by atoms with Crippen molar-refractivity contribution < 1.29 is 13.6 Å². The van der Waals surface area contributed by atoms with E-state index >= 15 is 0 Å². The van der Waals surface area contributed by atoms with E-state index in [0.29, 0.717) is 6.29 Å². The molecule has 0 radical (unpaired) electrons. The molecule has 0 saturated carbocycles. The molecule has 1 nitrogen and oxygen atoms in total. The molecule has 3 aromatic carbocycles. The van der Waals surface area contributed by atoms with Crippen LogP contribution < -0.4 is 0 Å². The summed E-state index contributed by atoms with van der Waals surface area (Å²) in [7, 11) is 0. The summed E-state index contributed by atoms with van der Waals surface area (Å²) in [6, 6.07) is 21.8. The van der Waals surface area contributed by atoms with Crippen LogP contribution in [0.3, 0.4) is 0 Å². The van der Waals surface area contributed by atoms with Crippen molar-refractivity contribution in [2.24, 2.45) is 0 Å². The molecule has 3 heteroatoms. The zero-order valence-electron chi connectivity index (χ0n) is 13.9. The van der Waals surface area contributed by atoms with Gasteiger partial charge in [0, 0.05) is 0 Å². The fraction of sp³-hybridized carbons (Fsp3) is 0. The monoisotopic (exact) mass is 346 g/mol. The smallest absolute Gasteiger partial charge is 0.142 e. The third-order valence-electron chi connectivity index (χ3n) is 3.96. The largest absolute Gasteiger partial charge is 0.299 e. The molecule has 0 unspecified atom stereocenters. The fourth-order valence-corrected chi connectivity index (χ4v) is 2.79. The van der Waals surface area contributed by atoms with Crippen LogP contribution in [-0.2, 0) is 4.79 Å². The Morgan fingerprint density at radius 1 is 0.654 bits per heavy atom. The van der Waals surface area contributed by atoms with Gasteiger partial charge in [0.05, 0.1) is 0 Å². The van der Waals surface area contributed by atoms with Crippen LogP contribution in [0.2, 0.25) is 0 Å². The summed E-state index contributed by atoms with van der Waals surface area (Å²) in [5.74, 6) is -0.672. The second kappa shape index (κ2) is 8.17. The normalized spacial score (nSPS) is 10.7. The first-order chi connectivity index (χ1) is 12.7. The van der Waals surface area contributed by atoms with Crippen LogP contribution in [-0.4, -0.2) is 6.29 Å². The van der Waals surface area contributed by atoms with E-state index in [1.165, 1.54) is 30.3 Å². The molecule has 0 fully saturated rings. The summed E-state index contributed by atoms with van der Waals surface area (Å²) < 4.78 is 26.8. The molecule has 0 aliphatic heterocycles. The first kappa shape index (κ1) is 17.5. The lowest BCUT2D eigenvalue weighted by Gasteiger charge is -2.15. The summed E-state index contributed by atoms with van der Waals surface area (Å²) in [5.41, 5.74) is 4.01. The van der Waals surface area contributed by atoms with Crippen LogP contribution in [0.1, 0.15) is 16.7 Å². The average Bonchev–Trinajstić information content (AvgIpc) is 2.68. The van der Waals surface area contributed by atoms with Gasteiger partial charge in [-0.05, 0) is 58.2 Å². The fourth-order valence-electron chi connectivity index (χ4n) is 2.79. The second-order valence-electron chi connectivity index (χ2n) is 5.66. The third-order valence-corrected chi connectivity index (χ3v) is 3.96. The third kappa shape index (κ3) is 4.01. The zero-order valence-corrected chi connectivity index (χ0v) is 13.9. The Balaban J connectivity index is 2.32. The SMILES string of the molecule is O=C/C=C/C(=C(c1ccc(F)cc1)c1ccc(F)cc1)c1ccccc1. The van der Waals surface area contributed by atoms with Gasteiger partial charge in [0.25, 0.3) is 0 Å². The number of aldehydes is 1. The first-order valence-corrected chi connectivity index (χ1v) is 8.12. The maximum absolute atomic E-state index is 13.4. The minimum atomic E-state index is -0.336. The van der Waals surface area contributed by atoms with Crippen molar-refractivity contribution in [1.82, 2.24) is 0 Å². The molecule has 0 atom stereocenters. The van der Waals surface area contributed by atoms with Crippen molar-refractivity contribution in [1.29, 1.82) is 0 Å². The van der Waals surface area contributed by atoms with E-state index in [0.717, 1.165) is 27.8 Å². The molecule has 0 saturated heterocycles. The van der Waals surface area contributed by atoms with Crippen LogP contribution >= 0.6 is 0 Å². The first-order valence-electron chi connectivity index (χ1n) is 8.12. The molecular formula is C23H16F2O. The summed E-state index contributed by atoms with van der Waals surface area (Å²) in [6.07, 6.45) is 3.83. The topological polar surface area (TPSA) is 17.1 Å². The molecule has 26 heavy (non-hydrogen) atoms. The van der Waals surface area contributed by atoms with E-state index in [-0.39, 0.29) is 11.6 Å². The summed E-state index contributed by atoms with van der Waals surface area (Å²) in [6.45, 7) is 0. The highest BCUT2D eigenvalue weighted by molar-refractivity contribution is 6.03. The Bertz CT molecular complexity index is 890. The highest BCUT2D eigenvalue weighted by Gasteiger charge is 2.12. The molecule has 0 aliphatic carbocycles. The van der Waals surface area contributed by atoms with Crippen LogP contribution in [0.4, 0.5) is 8.78 Å². The number of carbonyl (C=O) groups excluding carboxylic acids is 1. The van der Waals surface area contributed by atoms with Crippen molar-refractivity contribution >= 4 is 17.4 Å².